The van der Waals surface area contributed by atoms with Gasteiger partial charge in [0.25, 0.3) is 0 Å². The van der Waals surface area contributed by atoms with Crippen molar-refractivity contribution in [3.05, 3.63) is 90.8 Å². The molecule has 7 heteroatoms. The monoisotopic (exact) mass is 386 g/mol. The zero-order valence-corrected chi connectivity index (χ0v) is 16.4. The van der Waals surface area contributed by atoms with Crippen LogP contribution in [0.25, 0.3) is 11.4 Å². The highest BCUT2D eigenvalue weighted by atomic mass is 16.2. The third kappa shape index (κ3) is 4.08. The number of hydrogen-bond donors (Lipinski definition) is 0. The largest absolute Gasteiger partial charge is 0.339 e. The smallest absolute Gasteiger partial charge is 0.227 e. The molecule has 0 aliphatic rings. The number of aromatic nitrogens is 5. The van der Waals surface area contributed by atoms with E-state index in [4.69, 9.17) is 0 Å². The lowest BCUT2D eigenvalue weighted by Crippen LogP contribution is -2.30. The van der Waals surface area contributed by atoms with Gasteiger partial charge in [0.05, 0.1) is 30.0 Å². The molecule has 1 amide bonds. The Kier molecular flexibility index (Phi) is 5.20. The van der Waals surface area contributed by atoms with Gasteiger partial charge in [-0.25, -0.2) is 14.3 Å². The Morgan fingerprint density at radius 2 is 1.72 bits per heavy atom. The van der Waals surface area contributed by atoms with Crippen molar-refractivity contribution in [1.82, 2.24) is 29.4 Å². The van der Waals surface area contributed by atoms with Crippen molar-refractivity contribution in [1.29, 1.82) is 0 Å². The first-order valence-electron chi connectivity index (χ1n) is 9.41. The zero-order chi connectivity index (χ0) is 20.2. The molecule has 0 bridgehead atoms. The van der Waals surface area contributed by atoms with Crippen LogP contribution in [0.1, 0.15) is 24.1 Å². The Morgan fingerprint density at radius 1 is 1.00 bits per heavy atom. The zero-order valence-electron chi connectivity index (χ0n) is 16.4. The first kappa shape index (κ1) is 18.6. The van der Waals surface area contributed by atoms with Crippen LogP contribution in [0.5, 0.6) is 0 Å². The van der Waals surface area contributed by atoms with E-state index in [1.54, 1.807) is 26.8 Å². The molecule has 0 aliphatic heterocycles. The number of nitrogens with zero attached hydrogens (tertiary/aromatic N) is 6. The predicted molar refractivity (Wildman–Crippen MR) is 110 cm³/mol. The van der Waals surface area contributed by atoms with Crippen LogP contribution in [-0.2, 0) is 11.2 Å². The summed E-state index contributed by atoms with van der Waals surface area (Å²) in [5.41, 5.74) is 3.85. The second kappa shape index (κ2) is 8.10. The van der Waals surface area contributed by atoms with Crippen molar-refractivity contribution in [2.75, 3.05) is 7.05 Å². The highest BCUT2D eigenvalue weighted by Crippen LogP contribution is 2.21. The van der Waals surface area contributed by atoms with E-state index in [1.807, 2.05) is 74.8 Å². The van der Waals surface area contributed by atoms with E-state index in [0.717, 1.165) is 22.5 Å². The molecule has 0 spiro atoms. The van der Waals surface area contributed by atoms with Crippen LogP contribution < -0.4 is 0 Å². The summed E-state index contributed by atoms with van der Waals surface area (Å²) in [4.78, 5) is 18.5. The highest BCUT2D eigenvalue weighted by molar-refractivity contribution is 5.78. The van der Waals surface area contributed by atoms with Gasteiger partial charge in [-0.05, 0) is 42.3 Å². The molecule has 29 heavy (non-hydrogen) atoms. The molecule has 2 heterocycles. The minimum absolute atomic E-state index is 0.0449. The molecule has 1 atom stereocenters. The number of carbonyl (C=O) groups excluding carboxylic acids is 1. The fraction of sp³-hybridized carbons (Fsp3) is 0.182. The van der Waals surface area contributed by atoms with Crippen molar-refractivity contribution in [3.63, 3.8) is 0 Å². The molecule has 0 aliphatic carbocycles. The van der Waals surface area contributed by atoms with Gasteiger partial charge in [0, 0.05) is 13.2 Å². The molecular weight excluding hydrogens is 364 g/mol. The van der Waals surface area contributed by atoms with E-state index in [0.29, 0.717) is 6.42 Å². The van der Waals surface area contributed by atoms with Gasteiger partial charge in [-0.1, -0.05) is 30.3 Å². The Morgan fingerprint density at radius 3 is 2.41 bits per heavy atom. The number of benzene rings is 2. The van der Waals surface area contributed by atoms with Crippen LogP contribution in [0.2, 0.25) is 0 Å². The maximum absolute atomic E-state index is 12.8. The topological polar surface area (TPSA) is 68.8 Å². The van der Waals surface area contributed by atoms with E-state index in [2.05, 4.69) is 15.2 Å². The molecule has 4 rings (SSSR count). The molecule has 4 aromatic rings. The normalized spacial score (nSPS) is 11.9. The van der Waals surface area contributed by atoms with E-state index >= 15 is 0 Å². The second-order valence-electron chi connectivity index (χ2n) is 6.92. The Hall–Kier alpha value is -3.74. The van der Waals surface area contributed by atoms with Crippen molar-refractivity contribution in [3.8, 4) is 11.4 Å². The van der Waals surface area contributed by atoms with Crippen LogP contribution in [0.15, 0.2) is 79.6 Å². The summed E-state index contributed by atoms with van der Waals surface area (Å²) in [5, 5.41) is 8.50. The summed E-state index contributed by atoms with van der Waals surface area (Å²) in [6.45, 7) is 2.02. The Balaban J connectivity index is 1.42. The molecule has 0 N–H and O–H groups in total. The molecule has 2 aromatic carbocycles. The molecule has 0 radical (unpaired) electrons. The lowest BCUT2D eigenvalue weighted by molar-refractivity contribution is -0.131. The number of carbonyl (C=O) groups is 1. The predicted octanol–water partition coefficient (Wildman–Crippen LogP) is 3.22. The van der Waals surface area contributed by atoms with Crippen molar-refractivity contribution >= 4 is 5.91 Å². The molecular formula is C22H22N6O. The van der Waals surface area contributed by atoms with Gasteiger partial charge in [0.15, 0.2) is 0 Å². The first-order chi connectivity index (χ1) is 14.1. The fourth-order valence-corrected chi connectivity index (χ4v) is 3.16. The number of para-hydroxylation sites is 1. The minimum atomic E-state index is -0.0449. The standard InChI is InChI=1S/C22H22N6O/c1-17(19-8-10-21(11-9-19)28-16-23-15-25-28)26(2)22(29)12-18-13-24-27(14-18)20-6-4-3-5-7-20/h3-11,13-17H,12H2,1-2H3. The number of hydrogen-bond acceptors (Lipinski definition) is 4. The fourth-order valence-electron chi connectivity index (χ4n) is 3.16. The summed E-state index contributed by atoms with van der Waals surface area (Å²) < 4.78 is 3.49. The van der Waals surface area contributed by atoms with Crippen LogP contribution in [0.4, 0.5) is 0 Å². The van der Waals surface area contributed by atoms with Gasteiger partial charge in [-0.3, -0.25) is 4.79 Å². The summed E-state index contributed by atoms with van der Waals surface area (Å²) in [5.74, 6) is 0.0467. The third-order valence-corrected chi connectivity index (χ3v) is 5.05. The highest BCUT2D eigenvalue weighted by Gasteiger charge is 2.18. The van der Waals surface area contributed by atoms with Crippen molar-refractivity contribution in [2.45, 2.75) is 19.4 Å². The summed E-state index contributed by atoms with van der Waals surface area (Å²) in [6, 6.07) is 17.8. The number of likely N-dealkylation sites (N-methyl/N-ethyl adjacent to an activating group) is 1. The molecule has 2 aromatic heterocycles. The maximum Gasteiger partial charge on any atom is 0.227 e. The molecule has 7 nitrogen and oxygen atoms in total. The van der Waals surface area contributed by atoms with Crippen molar-refractivity contribution < 1.29 is 4.79 Å². The molecule has 1 unspecified atom stereocenters. The van der Waals surface area contributed by atoms with Crippen LogP contribution >= 0.6 is 0 Å². The van der Waals surface area contributed by atoms with Crippen LogP contribution in [0, 0.1) is 0 Å². The van der Waals surface area contributed by atoms with Crippen LogP contribution in [-0.4, -0.2) is 42.4 Å². The maximum atomic E-state index is 12.8. The van der Waals surface area contributed by atoms with Crippen LogP contribution in [0.3, 0.4) is 0 Å². The Labute approximate surface area is 169 Å². The quantitative estimate of drug-likeness (QED) is 0.510. The molecule has 146 valence electrons. The average molecular weight is 386 g/mol. The lowest BCUT2D eigenvalue weighted by atomic mass is 10.1. The van der Waals surface area contributed by atoms with E-state index in [-0.39, 0.29) is 11.9 Å². The van der Waals surface area contributed by atoms with E-state index in [9.17, 15) is 4.79 Å². The van der Waals surface area contributed by atoms with E-state index in [1.165, 1.54) is 6.33 Å². The second-order valence-corrected chi connectivity index (χ2v) is 6.92. The SMILES string of the molecule is CC(c1ccc(-n2cncn2)cc1)N(C)C(=O)Cc1cnn(-c2ccccc2)c1. The molecule has 0 saturated heterocycles. The van der Waals surface area contributed by atoms with Gasteiger partial charge in [-0.15, -0.1) is 0 Å². The first-order valence-corrected chi connectivity index (χ1v) is 9.41. The summed E-state index contributed by atoms with van der Waals surface area (Å²) in [6.07, 6.45) is 7.12. The van der Waals surface area contributed by atoms with Gasteiger partial charge >= 0.3 is 0 Å². The summed E-state index contributed by atoms with van der Waals surface area (Å²) >= 11 is 0. The average Bonchev–Trinajstić information content (AvgIpc) is 3.46. The van der Waals surface area contributed by atoms with Crippen molar-refractivity contribution in [2.24, 2.45) is 0 Å². The summed E-state index contributed by atoms with van der Waals surface area (Å²) in [7, 11) is 1.83. The molecule has 0 fully saturated rings. The van der Waals surface area contributed by atoms with Gasteiger partial charge in [0.2, 0.25) is 5.91 Å². The Bertz CT molecular complexity index is 1070. The third-order valence-electron chi connectivity index (χ3n) is 5.05. The van der Waals surface area contributed by atoms with E-state index < -0.39 is 0 Å². The van der Waals surface area contributed by atoms with Gasteiger partial charge in [-0.2, -0.15) is 10.2 Å². The minimum Gasteiger partial charge on any atom is -0.339 e. The number of rotatable bonds is 6. The lowest BCUT2D eigenvalue weighted by Gasteiger charge is -2.25. The number of amides is 1. The molecule has 0 saturated carbocycles. The van der Waals surface area contributed by atoms with Gasteiger partial charge in [0.1, 0.15) is 12.7 Å². The van der Waals surface area contributed by atoms with Gasteiger partial charge < -0.3 is 4.90 Å².